The van der Waals surface area contributed by atoms with Crippen molar-refractivity contribution in [3.63, 3.8) is 0 Å². The molecule has 0 atom stereocenters. The Bertz CT molecular complexity index is 1220. The van der Waals surface area contributed by atoms with Gasteiger partial charge in [0, 0.05) is 26.2 Å². The molecule has 0 bridgehead atoms. The summed E-state index contributed by atoms with van der Waals surface area (Å²) in [5, 5.41) is 16.4. The summed E-state index contributed by atoms with van der Waals surface area (Å²) in [5.74, 6) is -5.99. The van der Waals surface area contributed by atoms with Crippen LogP contribution < -0.4 is 9.62 Å². The van der Waals surface area contributed by atoms with Gasteiger partial charge in [0.2, 0.25) is 0 Å². The number of sulfonamides is 1. The summed E-state index contributed by atoms with van der Waals surface area (Å²) in [6.07, 6.45) is -5.08. The van der Waals surface area contributed by atoms with Crippen LogP contribution in [0.4, 0.5) is 33.3 Å². The summed E-state index contributed by atoms with van der Waals surface area (Å²) in [6.45, 7) is 5.70. The molecule has 15 heteroatoms. The molecule has 0 saturated carbocycles. The zero-order valence-electron chi connectivity index (χ0n) is 18.7. The number of alkyl halides is 3. The van der Waals surface area contributed by atoms with E-state index in [2.05, 4.69) is 9.62 Å². The number of aliphatic carboxylic acids is 1. The highest BCUT2D eigenvalue weighted by Crippen LogP contribution is 2.31. The predicted octanol–water partition coefficient (Wildman–Crippen LogP) is 3.24. The SMILES string of the molecule is CCN1CCN(c2ccc(C(=O)O)cc2NS(=O)(=O)c2cc(F)ccc2F)CC1.O=C(O)C(F)(F)F. The van der Waals surface area contributed by atoms with Gasteiger partial charge >= 0.3 is 18.1 Å². The van der Waals surface area contributed by atoms with Crippen LogP contribution in [0.15, 0.2) is 41.3 Å². The van der Waals surface area contributed by atoms with Gasteiger partial charge in [-0.25, -0.2) is 26.8 Å². The van der Waals surface area contributed by atoms with Crippen molar-refractivity contribution in [3.8, 4) is 0 Å². The molecule has 1 heterocycles. The molecule has 3 N–H and O–H groups in total. The minimum Gasteiger partial charge on any atom is -0.478 e. The molecule has 0 aromatic heterocycles. The summed E-state index contributed by atoms with van der Waals surface area (Å²) in [7, 11) is -4.48. The Labute approximate surface area is 202 Å². The monoisotopic (exact) mass is 539 g/mol. The first-order chi connectivity index (χ1) is 16.7. The highest BCUT2D eigenvalue weighted by atomic mass is 32.2. The van der Waals surface area contributed by atoms with Gasteiger partial charge < -0.3 is 20.0 Å². The van der Waals surface area contributed by atoms with E-state index in [4.69, 9.17) is 9.90 Å². The fraction of sp³-hybridized carbons (Fsp3) is 0.333. The normalized spacial score (nSPS) is 14.6. The number of hydrogen-bond acceptors (Lipinski definition) is 6. The summed E-state index contributed by atoms with van der Waals surface area (Å²) < 4.78 is 86.9. The molecule has 1 fully saturated rings. The van der Waals surface area contributed by atoms with Gasteiger partial charge in [0.1, 0.15) is 16.5 Å². The number of piperazine rings is 1. The minimum atomic E-state index is -5.08. The Kier molecular flexibility index (Phi) is 9.21. The number of likely N-dealkylation sites (N-methyl/N-ethyl adjacent to an activating group) is 1. The second-order valence-corrected chi connectivity index (χ2v) is 9.09. The number of benzene rings is 2. The lowest BCUT2D eigenvalue weighted by Crippen LogP contribution is -2.46. The first-order valence-corrected chi connectivity index (χ1v) is 11.8. The smallest absolute Gasteiger partial charge is 0.478 e. The number of nitrogens with zero attached hydrogens (tertiary/aromatic N) is 2. The third-order valence-corrected chi connectivity index (χ3v) is 6.45. The van der Waals surface area contributed by atoms with Crippen molar-refractivity contribution in [2.75, 3.05) is 42.3 Å². The maximum absolute atomic E-state index is 14.0. The summed E-state index contributed by atoms with van der Waals surface area (Å²) in [4.78, 5) is 23.6. The molecule has 9 nitrogen and oxygen atoms in total. The fourth-order valence-corrected chi connectivity index (χ4v) is 4.37. The zero-order valence-corrected chi connectivity index (χ0v) is 19.5. The lowest BCUT2D eigenvalue weighted by Gasteiger charge is -2.36. The van der Waals surface area contributed by atoms with Crippen LogP contribution in [-0.4, -0.2) is 74.4 Å². The van der Waals surface area contributed by atoms with Gasteiger partial charge in [-0.15, -0.1) is 0 Å². The number of halogens is 5. The summed E-state index contributed by atoms with van der Waals surface area (Å²) in [5.41, 5.74) is 0.350. The van der Waals surface area contributed by atoms with E-state index in [-0.39, 0.29) is 11.3 Å². The molecular formula is C21H22F5N3O6S. The van der Waals surface area contributed by atoms with Gasteiger partial charge in [-0.1, -0.05) is 6.92 Å². The number of carboxylic acids is 2. The molecular weight excluding hydrogens is 517 g/mol. The minimum absolute atomic E-state index is 0.00138. The number of rotatable bonds is 6. The van der Waals surface area contributed by atoms with Gasteiger partial charge in [-0.2, -0.15) is 13.2 Å². The van der Waals surface area contributed by atoms with Gasteiger partial charge in [-0.3, -0.25) is 4.72 Å². The Morgan fingerprint density at radius 3 is 2.08 bits per heavy atom. The van der Waals surface area contributed by atoms with E-state index >= 15 is 0 Å². The molecule has 1 aliphatic rings. The number of nitrogens with one attached hydrogen (secondary N) is 1. The van der Waals surface area contributed by atoms with E-state index in [1.165, 1.54) is 18.2 Å². The molecule has 0 spiro atoms. The number of hydrogen-bond donors (Lipinski definition) is 3. The van der Waals surface area contributed by atoms with Crippen molar-refractivity contribution in [1.82, 2.24) is 4.90 Å². The van der Waals surface area contributed by atoms with E-state index < -0.39 is 44.7 Å². The molecule has 2 aromatic rings. The van der Waals surface area contributed by atoms with Crippen LogP contribution in [0.5, 0.6) is 0 Å². The van der Waals surface area contributed by atoms with Crippen LogP contribution in [-0.2, 0) is 14.8 Å². The Balaban J connectivity index is 0.000000572. The second kappa shape index (κ2) is 11.5. The van der Waals surface area contributed by atoms with Crippen LogP contribution >= 0.6 is 0 Å². The molecule has 0 unspecified atom stereocenters. The van der Waals surface area contributed by atoms with Crippen molar-refractivity contribution in [2.45, 2.75) is 18.0 Å². The lowest BCUT2D eigenvalue weighted by atomic mass is 10.1. The van der Waals surface area contributed by atoms with E-state index in [1.54, 1.807) is 0 Å². The molecule has 0 aliphatic carbocycles. The van der Waals surface area contributed by atoms with Crippen LogP contribution in [0.3, 0.4) is 0 Å². The molecule has 0 radical (unpaired) electrons. The van der Waals surface area contributed by atoms with Crippen LogP contribution in [0, 0.1) is 11.6 Å². The quantitative estimate of drug-likeness (QED) is 0.478. The third-order valence-electron chi connectivity index (χ3n) is 5.07. The number of carboxylic acid groups (broad SMARTS) is 2. The molecule has 1 saturated heterocycles. The number of carbonyl (C=O) groups is 2. The third kappa shape index (κ3) is 7.52. The first-order valence-electron chi connectivity index (χ1n) is 10.3. The summed E-state index contributed by atoms with van der Waals surface area (Å²) in [6, 6.07) is 6.20. The van der Waals surface area contributed by atoms with Crippen LogP contribution in [0.2, 0.25) is 0 Å². The van der Waals surface area contributed by atoms with Crippen LogP contribution in [0.25, 0.3) is 0 Å². The average Bonchev–Trinajstić information content (AvgIpc) is 2.80. The highest BCUT2D eigenvalue weighted by molar-refractivity contribution is 7.92. The van der Waals surface area contributed by atoms with Crippen molar-refractivity contribution in [3.05, 3.63) is 53.6 Å². The lowest BCUT2D eigenvalue weighted by molar-refractivity contribution is -0.192. The highest BCUT2D eigenvalue weighted by Gasteiger charge is 2.38. The standard InChI is InChI=1S/C19H21F2N3O4S.C2HF3O2/c1-2-23-7-9-24(10-8-23)17-6-3-13(19(25)26)11-16(17)22-29(27,28)18-12-14(20)4-5-15(18)21;3-2(4,5)1(6)7/h3-6,11-12,22H,2,7-10H2,1H3,(H,25,26);(H,6,7). The molecule has 1 aliphatic heterocycles. The molecule has 0 amide bonds. The second-order valence-electron chi connectivity index (χ2n) is 7.44. The van der Waals surface area contributed by atoms with E-state index in [9.17, 15) is 40.3 Å². The molecule has 36 heavy (non-hydrogen) atoms. The molecule has 2 aromatic carbocycles. The maximum atomic E-state index is 14.0. The van der Waals surface area contributed by atoms with E-state index in [1.807, 2.05) is 11.8 Å². The van der Waals surface area contributed by atoms with E-state index in [0.717, 1.165) is 31.8 Å². The average molecular weight is 539 g/mol. The fourth-order valence-electron chi connectivity index (χ4n) is 3.21. The van der Waals surface area contributed by atoms with Gasteiger partial charge in [0.15, 0.2) is 0 Å². The first kappa shape index (κ1) is 28.8. The van der Waals surface area contributed by atoms with Crippen molar-refractivity contribution >= 4 is 33.3 Å². The predicted molar refractivity (Wildman–Crippen MR) is 119 cm³/mol. The number of aromatic carboxylic acids is 1. The summed E-state index contributed by atoms with van der Waals surface area (Å²) >= 11 is 0. The topological polar surface area (TPSA) is 127 Å². The van der Waals surface area contributed by atoms with Crippen molar-refractivity contribution in [2.24, 2.45) is 0 Å². The van der Waals surface area contributed by atoms with Crippen molar-refractivity contribution in [1.29, 1.82) is 0 Å². The molecule has 3 rings (SSSR count). The number of anilines is 2. The van der Waals surface area contributed by atoms with Crippen LogP contribution in [0.1, 0.15) is 17.3 Å². The van der Waals surface area contributed by atoms with Gasteiger partial charge in [0.25, 0.3) is 10.0 Å². The van der Waals surface area contributed by atoms with Gasteiger partial charge in [-0.05, 0) is 42.9 Å². The Morgan fingerprint density at radius 1 is 1.00 bits per heavy atom. The zero-order chi connectivity index (χ0) is 27.3. The maximum Gasteiger partial charge on any atom is 0.490 e. The van der Waals surface area contributed by atoms with E-state index in [0.29, 0.717) is 24.8 Å². The Hall–Kier alpha value is -3.46. The largest absolute Gasteiger partial charge is 0.490 e. The molecule has 198 valence electrons. The van der Waals surface area contributed by atoms with Crippen molar-refractivity contribution < 1.29 is 50.2 Å². The Morgan fingerprint density at radius 2 is 1.58 bits per heavy atom. The van der Waals surface area contributed by atoms with Gasteiger partial charge in [0.05, 0.1) is 16.9 Å².